The molecule has 0 atom stereocenters. The quantitative estimate of drug-likeness (QED) is 0.547. The van der Waals surface area contributed by atoms with Gasteiger partial charge >= 0.3 is 5.97 Å². The minimum atomic E-state index is -0.390. The van der Waals surface area contributed by atoms with Crippen LogP contribution in [0.15, 0.2) is 35.3 Å². The molecule has 0 radical (unpaired) electrons. The molecule has 0 N–H and O–H groups in total. The van der Waals surface area contributed by atoms with Crippen molar-refractivity contribution in [1.29, 1.82) is 0 Å². The fraction of sp³-hybridized carbons (Fsp3) is 0.214. The summed E-state index contributed by atoms with van der Waals surface area (Å²) in [5.41, 5.74) is 2.79. The highest BCUT2D eigenvalue weighted by Gasteiger charge is 2.14. The third kappa shape index (κ3) is 2.50. The summed E-state index contributed by atoms with van der Waals surface area (Å²) in [6, 6.07) is 5.20. The number of hydrogen-bond acceptors (Lipinski definition) is 5. The molecule has 0 amide bonds. The Morgan fingerprint density at radius 2 is 2.33 bits per heavy atom. The van der Waals surface area contributed by atoms with E-state index in [9.17, 15) is 4.79 Å². The summed E-state index contributed by atoms with van der Waals surface area (Å²) >= 11 is 5.95. The van der Waals surface area contributed by atoms with Crippen LogP contribution in [0.1, 0.15) is 21.9 Å². The zero-order valence-corrected chi connectivity index (χ0v) is 12.0. The van der Waals surface area contributed by atoms with Crippen molar-refractivity contribution >= 4 is 28.6 Å². The Kier molecular flexibility index (Phi) is 3.62. The van der Waals surface area contributed by atoms with Gasteiger partial charge in [-0.05, 0) is 18.2 Å². The summed E-state index contributed by atoms with van der Waals surface area (Å²) in [5, 5.41) is 0. The molecule has 108 valence electrons. The van der Waals surface area contributed by atoms with Gasteiger partial charge in [-0.15, -0.1) is 11.6 Å². The van der Waals surface area contributed by atoms with Gasteiger partial charge in [0.15, 0.2) is 6.39 Å². The van der Waals surface area contributed by atoms with E-state index in [0.29, 0.717) is 17.9 Å². The topological polar surface area (TPSA) is 70.2 Å². The van der Waals surface area contributed by atoms with Gasteiger partial charge in [-0.25, -0.2) is 14.8 Å². The van der Waals surface area contributed by atoms with Crippen LogP contribution in [-0.2, 0) is 17.2 Å². The highest BCUT2D eigenvalue weighted by molar-refractivity contribution is 6.16. The van der Waals surface area contributed by atoms with Crippen molar-refractivity contribution in [2.75, 3.05) is 7.11 Å². The number of hydrogen-bond donors (Lipinski definition) is 0. The second-order valence-corrected chi connectivity index (χ2v) is 4.69. The summed E-state index contributed by atoms with van der Waals surface area (Å²) in [7, 11) is 1.35. The van der Waals surface area contributed by atoms with Gasteiger partial charge in [0.05, 0.1) is 41.8 Å². The van der Waals surface area contributed by atoms with Gasteiger partial charge in [0.25, 0.3) is 0 Å². The van der Waals surface area contributed by atoms with Crippen molar-refractivity contribution in [3.8, 4) is 0 Å². The number of carbonyl (C=O) groups excluding carboxylic acids is 1. The molecule has 0 aliphatic carbocycles. The molecule has 0 spiro atoms. The Morgan fingerprint density at radius 3 is 3.00 bits per heavy atom. The summed E-state index contributed by atoms with van der Waals surface area (Å²) in [6.07, 6.45) is 2.93. The van der Waals surface area contributed by atoms with Crippen molar-refractivity contribution in [3.63, 3.8) is 0 Å². The molecule has 3 rings (SSSR count). The summed E-state index contributed by atoms with van der Waals surface area (Å²) in [6.45, 7) is 0.472. The summed E-state index contributed by atoms with van der Waals surface area (Å²) < 4.78 is 11.6. The molecular weight excluding hydrogens is 294 g/mol. The summed E-state index contributed by atoms with van der Waals surface area (Å²) in [4.78, 5) is 20.2. The maximum Gasteiger partial charge on any atom is 0.337 e. The molecule has 0 bridgehead atoms. The van der Waals surface area contributed by atoms with Crippen LogP contribution in [-0.4, -0.2) is 27.6 Å². The lowest BCUT2D eigenvalue weighted by Crippen LogP contribution is -2.05. The normalized spacial score (nSPS) is 11.0. The van der Waals surface area contributed by atoms with Gasteiger partial charge in [-0.1, -0.05) is 0 Å². The van der Waals surface area contributed by atoms with Gasteiger partial charge in [-0.2, -0.15) is 0 Å². The second kappa shape index (κ2) is 5.57. The number of imidazole rings is 1. The van der Waals surface area contributed by atoms with E-state index < -0.39 is 5.97 Å². The Hall–Kier alpha value is -2.34. The smallest absolute Gasteiger partial charge is 0.337 e. The molecule has 7 heteroatoms. The minimum Gasteiger partial charge on any atom is -0.465 e. The lowest BCUT2D eigenvalue weighted by Gasteiger charge is -2.06. The number of nitrogens with zero attached hydrogens (tertiary/aromatic N) is 3. The van der Waals surface area contributed by atoms with Crippen molar-refractivity contribution in [2.24, 2.45) is 0 Å². The predicted molar refractivity (Wildman–Crippen MR) is 76.2 cm³/mol. The van der Waals surface area contributed by atoms with Gasteiger partial charge in [0, 0.05) is 0 Å². The van der Waals surface area contributed by atoms with Crippen molar-refractivity contribution < 1.29 is 13.9 Å². The highest BCUT2D eigenvalue weighted by Crippen LogP contribution is 2.21. The van der Waals surface area contributed by atoms with E-state index in [0.717, 1.165) is 16.7 Å². The summed E-state index contributed by atoms with van der Waals surface area (Å²) in [5.74, 6) is 0.579. The lowest BCUT2D eigenvalue weighted by molar-refractivity contribution is 0.0601. The molecule has 1 aromatic carbocycles. The molecule has 0 unspecified atom stereocenters. The standard InChI is InChI=1S/C14H12ClN3O3/c1-20-14(19)9-2-3-11-12(4-9)18(13(5-15)17-11)6-10-7-21-8-16-10/h2-4,7-8H,5-6H2,1H3. The average molecular weight is 306 g/mol. The molecule has 0 saturated heterocycles. The number of esters is 1. The third-order valence-electron chi connectivity index (χ3n) is 3.17. The number of rotatable bonds is 4. The Bertz CT molecular complexity index is 780. The molecule has 0 aliphatic rings. The van der Waals surface area contributed by atoms with E-state index >= 15 is 0 Å². The monoisotopic (exact) mass is 305 g/mol. The lowest BCUT2D eigenvalue weighted by atomic mass is 10.2. The van der Waals surface area contributed by atoms with E-state index in [1.165, 1.54) is 13.5 Å². The molecule has 0 aliphatic heterocycles. The van der Waals surface area contributed by atoms with E-state index in [1.54, 1.807) is 24.5 Å². The number of aromatic nitrogens is 3. The molecule has 2 aromatic heterocycles. The average Bonchev–Trinajstić information content (AvgIpc) is 3.14. The largest absolute Gasteiger partial charge is 0.465 e. The fourth-order valence-electron chi connectivity index (χ4n) is 2.17. The number of oxazole rings is 1. The number of benzene rings is 1. The Labute approximate surface area is 125 Å². The van der Waals surface area contributed by atoms with Crippen molar-refractivity contribution in [3.05, 3.63) is 47.9 Å². The van der Waals surface area contributed by atoms with E-state index in [1.807, 2.05) is 4.57 Å². The second-order valence-electron chi connectivity index (χ2n) is 4.42. The molecule has 21 heavy (non-hydrogen) atoms. The van der Waals surface area contributed by atoms with Crippen molar-refractivity contribution in [1.82, 2.24) is 14.5 Å². The first kappa shape index (κ1) is 13.6. The first-order valence-corrected chi connectivity index (χ1v) is 6.77. The van der Waals surface area contributed by atoms with E-state index in [4.69, 9.17) is 20.8 Å². The zero-order valence-electron chi connectivity index (χ0n) is 11.2. The number of halogens is 1. The molecule has 0 fully saturated rings. The number of fused-ring (bicyclic) bond motifs is 1. The molecule has 0 saturated carbocycles. The van der Waals surface area contributed by atoms with Gasteiger partial charge in [0.1, 0.15) is 12.1 Å². The number of ether oxygens (including phenoxy) is 1. The van der Waals surface area contributed by atoms with Gasteiger partial charge in [-0.3, -0.25) is 0 Å². The number of carbonyl (C=O) groups is 1. The van der Waals surface area contributed by atoms with E-state index in [-0.39, 0.29) is 5.88 Å². The van der Waals surface area contributed by atoms with Crippen LogP contribution in [0.3, 0.4) is 0 Å². The van der Waals surface area contributed by atoms with E-state index in [2.05, 4.69) is 9.97 Å². The first-order chi connectivity index (χ1) is 10.2. The van der Waals surface area contributed by atoms with Crippen LogP contribution in [0, 0.1) is 0 Å². The van der Waals surface area contributed by atoms with Crippen LogP contribution in [0.4, 0.5) is 0 Å². The SMILES string of the molecule is COC(=O)c1ccc2nc(CCl)n(Cc3cocn3)c2c1. The van der Waals surface area contributed by atoms with Crippen LogP contribution < -0.4 is 0 Å². The molecular formula is C14H12ClN3O3. The number of methoxy groups -OCH3 is 1. The maximum atomic E-state index is 11.7. The minimum absolute atomic E-state index is 0.264. The van der Waals surface area contributed by atoms with Gasteiger partial charge in [0.2, 0.25) is 0 Å². The van der Waals surface area contributed by atoms with Crippen LogP contribution in [0.2, 0.25) is 0 Å². The Morgan fingerprint density at radius 1 is 1.48 bits per heavy atom. The third-order valence-corrected chi connectivity index (χ3v) is 3.41. The maximum absolute atomic E-state index is 11.7. The highest BCUT2D eigenvalue weighted by atomic mass is 35.5. The van der Waals surface area contributed by atoms with Crippen molar-refractivity contribution in [2.45, 2.75) is 12.4 Å². The predicted octanol–water partition coefficient (Wildman–Crippen LogP) is 2.60. The Balaban J connectivity index is 2.12. The fourth-order valence-corrected chi connectivity index (χ4v) is 2.38. The van der Waals surface area contributed by atoms with Crippen LogP contribution in [0.25, 0.3) is 11.0 Å². The van der Waals surface area contributed by atoms with Crippen LogP contribution in [0.5, 0.6) is 0 Å². The van der Waals surface area contributed by atoms with Crippen LogP contribution >= 0.6 is 11.6 Å². The molecule has 2 heterocycles. The number of alkyl halides is 1. The van der Waals surface area contributed by atoms with Gasteiger partial charge < -0.3 is 13.7 Å². The molecule has 3 aromatic rings. The first-order valence-electron chi connectivity index (χ1n) is 6.23. The molecule has 6 nitrogen and oxygen atoms in total. The zero-order chi connectivity index (χ0) is 14.8.